The van der Waals surface area contributed by atoms with Crippen molar-refractivity contribution in [1.82, 2.24) is 4.72 Å². The van der Waals surface area contributed by atoms with Crippen LogP contribution in [0.3, 0.4) is 0 Å². The van der Waals surface area contributed by atoms with Gasteiger partial charge in [0.05, 0.1) is 0 Å². The lowest BCUT2D eigenvalue weighted by molar-refractivity contribution is 0.416. The first-order valence-corrected chi connectivity index (χ1v) is 6.49. The van der Waals surface area contributed by atoms with Crippen LogP contribution >= 0.6 is 10.7 Å². The van der Waals surface area contributed by atoms with E-state index >= 15 is 0 Å². The van der Waals surface area contributed by atoms with E-state index in [9.17, 15) is 8.42 Å². The minimum atomic E-state index is -3.51. The fraction of sp³-hybridized carbons (Fsp3) is 1.00. The summed E-state index contributed by atoms with van der Waals surface area (Å²) in [5.74, 6) is 1.09. The van der Waals surface area contributed by atoms with E-state index in [2.05, 4.69) is 11.6 Å². The summed E-state index contributed by atoms with van der Waals surface area (Å²) in [7, 11) is 1.51. The number of rotatable bonds is 3. The van der Waals surface area contributed by atoms with Gasteiger partial charge in [-0.25, -0.2) is 4.72 Å². The Bertz CT molecular complexity index is 240. The zero-order valence-electron chi connectivity index (χ0n) is 7.09. The Morgan fingerprint density at radius 3 is 2.58 bits per heavy atom. The van der Waals surface area contributed by atoms with E-state index in [1.54, 1.807) is 0 Å². The number of halogens is 1. The van der Waals surface area contributed by atoms with Crippen molar-refractivity contribution in [3.8, 4) is 0 Å². The molecule has 3 nitrogen and oxygen atoms in total. The summed E-state index contributed by atoms with van der Waals surface area (Å²) in [6, 6.07) is 0. The normalized spacial score (nSPS) is 30.8. The van der Waals surface area contributed by atoms with Crippen molar-refractivity contribution < 1.29 is 8.42 Å². The Hall–Kier alpha value is 0.200. The van der Waals surface area contributed by atoms with Gasteiger partial charge in [-0.05, 0) is 18.3 Å². The zero-order valence-corrected chi connectivity index (χ0v) is 8.66. The summed E-state index contributed by atoms with van der Waals surface area (Å²) in [5, 5.41) is 0. The second-order valence-electron chi connectivity index (χ2n) is 3.45. The standard InChI is InChI=1S/C7H14ClNO2S/c1-6-3-2-4-7(6)5-9-12(8,10)11/h6-7,9H,2-5H2,1H3. The molecule has 0 radical (unpaired) electrons. The molecule has 0 bridgehead atoms. The Kier molecular flexibility index (Phi) is 3.37. The van der Waals surface area contributed by atoms with Crippen LogP contribution in [0.1, 0.15) is 26.2 Å². The van der Waals surface area contributed by atoms with Crippen LogP contribution in [-0.2, 0) is 9.24 Å². The van der Waals surface area contributed by atoms with Crippen LogP contribution in [0.5, 0.6) is 0 Å². The van der Waals surface area contributed by atoms with E-state index in [1.165, 1.54) is 12.8 Å². The minimum absolute atomic E-state index is 0.471. The van der Waals surface area contributed by atoms with Gasteiger partial charge in [0.25, 0.3) is 9.24 Å². The van der Waals surface area contributed by atoms with Gasteiger partial charge < -0.3 is 0 Å². The summed E-state index contributed by atoms with van der Waals surface area (Å²) >= 11 is 0. The van der Waals surface area contributed by atoms with E-state index < -0.39 is 9.24 Å². The molecular formula is C7H14ClNO2S. The Morgan fingerprint density at radius 2 is 2.17 bits per heavy atom. The lowest BCUT2D eigenvalue weighted by Crippen LogP contribution is -2.26. The monoisotopic (exact) mass is 211 g/mol. The first kappa shape index (κ1) is 10.3. The number of hydrogen-bond acceptors (Lipinski definition) is 2. The molecular weight excluding hydrogens is 198 g/mol. The van der Waals surface area contributed by atoms with E-state index in [1.807, 2.05) is 0 Å². The molecule has 1 aliphatic carbocycles. The van der Waals surface area contributed by atoms with Gasteiger partial charge in [0, 0.05) is 17.2 Å². The summed E-state index contributed by atoms with van der Waals surface area (Å²) in [6.07, 6.45) is 3.52. The van der Waals surface area contributed by atoms with Crippen molar-refractivity contribution in [2.45, 2.75) is 26.2 Å². The second kappa shape index (κ2) is 3.94. The van der Waals surface area contributed by atoms with Crippen molar-refractivity contribution in [2.75, 3.05) is 6.54 Å². The van der Waals surface area contributed by atoms with Gasteiger partial charge in [0.1, 0.15) is 0 Å². The third-order valence-corrected chi connectivity index (χ3v) is 3.40. The highest BCUT2D eigenvalue weighted by molar-refractivity contribution is 8.12. The largest absolute Gasteiger partial charge is 0.297 e. The number of hydrogen-bond donors (Lipinski definition) is 1. The first-order chi connectivity index (χ1) is 5.49. The molecule has 0 aromatic carbocycles. The molecule has 1 rings (SSSR count). The molecule has 5 heteroatoms. The molecule has 0 spiro atoms. The molecule has 2 atom stereocenters. The molecule has 0 aromatic rings. The van der Waals surface area contributed by atoms with Gasteiger partial charge >= 0.3 is 0 Å². The molecule has 1 saturated carbocycles. The molecule has 1 fully saturated rings. The van der Waals surface area contributed by atoms with E-state index in [-0.39, 0.29) is 0 Å². The fourth-order valence-electron chi connectivity index (χ4n) is 1.73. The Balaban J connectivity index is 2.32. The van der Waals surface area contributed by atoms with Gasteiger partial charge in [-0.1, -0.05) is 19.8 Å². The fourth-order valence-corrected chi connectivity index (χ4v) is 2.33. The van der Waals surface area contributed by atoms with Crippen LogP contribution < -0.4 is 4.72 Å². The quantitative estimate of drug-likeness (QED) is 0.720. The van der Waals surface area contributed by atoms with Crippen molar-refractivity contribution in [1.29, 1.82) is 0 Å². The predicted molar refractivity (Wildman–Crippen MR) is 49.3 cm³/mol. The molecule has 1 aliphatic rings. The summed E-state index contributed by atoms with van der Waals surface area (Å²) in [5.41, 5.74) is 0. The second-order valence-corrected chi connectivity index (χ2v) is 5.84. The molecule has 0 amide bonds. The Morgan fingerprint density at radius 1 is 1.50 bits per heavy atom. The molecule has 12 heavy (non-hydrogen) atoms. The maximum atomic E-state index is 10.5. The van der Waals surface area contributed by atoms with Gasteiger partial charge in [-0.15, -0.1) is 0 Å². The van der Waals surface area contributed by atoms with E-state index in [4.69, 9.17) is 10.7 Å². The minimum Gasteiger partial charge on any atom is -0.202 e. The van der Waals surface area contributed by atoms with Crippen LogP contribution in [-0.4, -0.2) is 15.0 Å². The Labute approximate surface area is 78.0 Å². The predicted octanol–water partition coefficient (Wildman–Crippen LogP) is 1.50. The molecule has 2 unspecified atom stereocenters. The highest BCUT2D eigenvalue weighted by Crippen LogP contribution is 2.30. The topological polar surface area (TPSA) is 46.2 Å². The van der Waals surface area contributed by atoms with E-state index in [0.29, 0.717) is 18.4 Å². The van der Waals surface area contributed by atoms with Crippen LogP contribution in [0, 0.1) is 11.8 Å². The van der Waals surface area contributed by atoms with Crippen molar-refractivity contribution in [2.24, 2.45) is 11.8 Å². The lowest BCUT2D eigenvalue weighted by atomic mass is 9.99. The molecule has 0 aliphatic heterocycles. The van der Waals surface area contributed by atoms with Crippen molar-refractivity contribution in [3.05, 3.63) is 0 Å². The molecule has 0 heterocycles. The van der Waals surface area contributed by atoms with E-state index in [0.717, 1.165) is 6.42 Å². The molecule has 0 saturated heterocycles. The van der Waals surface area contributed by atoms with Crippen molar-refractivity contribution >= 4 is 19.9 Å². The summed E-state index contributed by atoms with van der Waals surface area (Å²) < 4.78 is 23.4. The molecule has 1 N–H and O–H groups in total. The van der Waals surface area contributed by atoms with Gasteiger partial charge in [-0.3, -0.25) is 0 Å². The average Bonchev–Trinajstić information content (AvgIpc) is 2.29. The first-order valence-electron chi connectivity index (χ1n) is 4.18. The third kappa shape index (κ3) is 3.29. The van der Waals surface area contributed by atoms with Gasteiger partial charge in [-0.2, -0.15) is 8.42 Å². The van der Waals surface area contributed by atoms with Crippen molar-refractivity contribution in [3.63, 3.8) is 0 Å². The highest BCUT2D eigenvalue weighted by Gasteiger charge is 2.23. The maximum absolute atomic E-state index is 10.5. The maximum Gasteiger partial charge on any atom is 0.297 e. The van der Waals surface area contributed by atoms with Crippen LogP contribution in [0.2, 0.25) is 0 Å². The SMILES string of the molecule is CC1CCCC1CNS(=O)(=O)Cl. The average molecular weight is 212 g/mol. The molecule has 72 valence electrons. The smallest absolute Gasteiger partial charge is 0.202 e. The van der Waals surface area contributed by atoms with Gasteiger partial charge in [0.2, 0.25) is 0 Å². The zero-order chi connectivity index (χ0) is 9.19. The third-order valence-electron chi connectivity index (χ3n) is 2.56. The summed E-state index contributed by atoms with van der Waals surface area (Å²) in [4.78, 5) is 0. The highest BCUT2D eigenvalue weighted by atomic mass is 35.7. The number of nitrogens with one attached hydrogen (secondary N) is 1. The van der Waals surface area contributed by atoms with Crippen LogP contribution in [0.15, 0.2) is 0 Å². The molecule has 0 aromatic heterocycles. The van der Waals surface area contributed by atoms with Crippen LogP contribution in [0.4, 0.5) is 0 Å². The van der Waals surface area contributed by atoms with Crippen LogP contribution in [0.25, 0.3) is 0 Å². The van der Waals surface area contributed by atoms with Gasteiger partial charge in [0.15, 0.2) is 0 Å². The lowest BCUT2D eigenvalue weighted by Gasteiger charge is -2.13. The summed E-state index contributed by atoms with van der Waals surface area (Å²) in [6.45, 7) is 2.65.